The van der Waals surface area contributed by atoms with Crippen molar-refractivity contribution in [3.63, 3.8) is 0 Å². The molecule has 0 saturated heterocycles. The van der Waals surface area contributed by atoms with Crippen molar-refractivity contribution in [2.45, 2.75) is 15.7 Å². The van der Waals surface area contributed by atoms with Crippen LogP contribution in [-0.2, 0) is 16.4 Å². The third-order valence-electron chi connectivity index (χ3n) is 1.66. The first kappa shape index (κ1) is 9.03. The van der Waals surface area contributed by atoms with Crippen molar-refractivity contribution in [3.8, 4) is 0 Å². The molecule has 0 bridgehead atoms. The van der Waals surface area contributed by atoms with Crippen LogP contribution in [0.4, 0.5) is 0 Å². The Morgan fingerprint density at radius 1 is 1.40 bits per heavy atom. The van der Waals surface area contributed by atoms with Gasteiger partial charge >= 0.3 is 70.6 Å². The van der Waals surface area contributed by atoms with E-state index in [2.05, 4.69) is 12.2 Å². The molecule has 0 aromatic heterocycles. The van der Waals surface area contributed by atoms with Crippen molar-refractivity contribution in [2.24, 2.45) is 0 Å². The summed E-state index contributed by atoms with van der Waals surface area (Å²) in [6.07, 6.45) is 7.15. The second kappa shape index (κ2) is 2.47. The summed E-state index contributed by atoms with van der Waals surface area (Å²) in [6.45, 7) is 0. The molecule has 0 N–H and O–H groups in total. The maximum atomic E-state index is 6.26. The van der Waals surface area contributed by atoms with Gasteiger partial charge in [0.2, 0.25) is 0 Å². The van der Waals surface area contributed by atoms with Crippen LogP contribution in [0.3, 0.4) is 0 Å². The molecule has 0 spiro atoms. The van der Waals surface area contributed by atoms with E-state index in [1.165, 1.54) is 3.28 Å². The first-order valence-corrected chi connectivity index (χ1v) is 15.8. The average molecular weight is 257 g/mol. The minimum atomic E-state index is -3.26. The van der Waals surface area contributed by atoms with E-state index in [1.54, 1.807) is 0 Å². The van der Waals surface area contributed by atoms with Gasteiger partial charge < -0.3 is 0 Å². The van der Waals surface area contributed by atoms with Gasteiger partial charge in [-0.1, -0.05) is 0 Å². The van der Waals surface area contributed by atoms with Gasteiger partial charge in [-0.3, -0.25) is 0 Å². The van der Waals surface area contributed by atoms with E-state index in [-0.39, 0.29) is 0 Å². The zero-order valence-electron chi connectivity index (χ0n) is 6.20. The van der Waals surface area contributed by atoms with Crippen molar-refractivity contribution in [2.75, 3.05) is 0 Å². The number of hydrogen-bond donors (Lipinski definition) is 0. The molecule has 1 aliphatic carbocycles. The van der Waals surface area contributed by atoms with E-state index in [9.17, 15) is 0 Å². The molecule has 0 aromatic rings. The number of allylic oxidation sites excluding steroid dienone is 4. The minimum absolute atomic E-state index is 0.964. The first-order chi connectivity index (χ1) is 4.36. The Labute approximate surface area is 70.1 Å². The molecule has 0 aliphatic heterocycles. The van der Waals surface area contributed by atoms with Crippen molar-refractivity contribution in [3.05, 3.63) is 21.5 Å². The van der Waals surface area contributed by atoms with Crippen LogP contribution in [0.2, 0.25) is 9.26 Å². The summed E-state index contributed by atoms with van der Waals surface area (Å²) in [5, 5.41) is 0. The molecule has 0 radical (unpaired) electrons. The molecule has 0 fully saturated rings. The summed E-state index contributed by atoms with van der Waals surface area (Å²) in [7, 11) is 12.5. The van der Waals surface area contributed by atoms with E-state index in [1.807, 2.05) is 15.3 Å². The van der Waals surface area contributed by atoms with Crippen LogP contribution in [0.25, 0.3) is 0 Å². The fourth-order valence-corrected chi connectivity index (χ4v) is 5.65. The molecular weight excluding hydrogens is 246 g/mol. The van der Waals surface area contributed by atoms with Gasteiger partial charge in [-0.15, -0.1) is 0 Å². The predicted octanol–water partition coefficient (Wildman–Crippen LogP) is 3.92. The van der Waals surface area contributed by atoms with Crippen LogP contribution in [0.1, 0.15) is 6.42 Å². The Balaban J connectivity index is 2.87. The summed E-state index contributed by atoms with van der Waals surface area (Å²) in [5.74, 6) is 0. The Hall–Kier alpha value is 0.943. The predicted molar refractivity (Wildman–Crippen MR) is 45.3 cm³/mol. The van der Waals surface area contributed by atoms with Gasteiger partial charge in [0.1, 0.15) is 0 Å². The molecule has 3 heteroatoms. The normalized spacial score (nSPS) is 22.0. The van der Waals surface area contributed by atoms with Crippen molar-refractivity contribution >= 4 is 17.0 Å². The van der Waals surface area contributed by atoms with Crippen LogP contribution >= 0.6 is 17.0 Å². The summed E-state index contributed by atoms with van der Waals surface area (Å²) in [6, 6.07) is 0. The zero-order chi connectivity index (χ0) is 7.85. The summed E-state index contributed by atoms with van der Waals surface area (Å²) < 4.78 is 5.30. The van der Waals surface area contributed by atoms with Crippen LogP contribution in [0.15, 0.2) is 21.5 Å². The van der Waals surface area contributed by atoms with Crippen molar-refractivity contribution in [1.29, 1.82) is 0 Å². The average Bonchev–Trinajstić information content (AvgIpc) is 2.04. The monoisotopic (exact) mass is 255 g/mol. The second-order valence-corrected chi connectivity index (χ2v) is 29.4. The molecule has 0 aromatic carbocycles. The fraction of sp³-hybridized carbons (Fsp3) is 0.429. The standard InChI is InChI=1S/C5H5.2CH3.2ClH.Zr/c1-2-4-5-3-1;;;;;/h1-3H,4H2;2*1H3;2*1H;/q;;;;;+2/p-2. The van der Waals surface area contributed by atoms with Gasteiger partial charge in [0, 0.05) is 0 Å². The van der Waals surface area contributed by atoms with E-state index >= 15 is 0 Å². The number of rotatable bonds is 1. The first-order valence-electron chi connectivity index (χ1n) is 3.35. The molecule has 0 saturated carbocycles. The number of halogens is 2. The molecule has 0 nitrogen and oxygen atoms in total. The Morgan fingerprint density at radius 3 is 2.20 bits per heavy atom. The van der Waals surface area contributed by atoms with E-state index in [0.29, 0.717) is 0 Å². The fourth-order valence-electron chi connectivity index (χ4n) is 0.958. The molecule has 57 valence electrons. The van der Waals surface area contributed by atoms with Gasteiger partial charge in [-0.05, 0) is 0 Å². The zero-order valence-corrected chi connectivity index (χ0v) is 10.2. The molecule has 1 aliphatic rings. The summed E-state index contributed by atoms with van der Waals surface area (Å²) >= 11 is -3.26. The second-order valence-electron chi connectivity index (χ2n) is 3.34. The molecule has 1 rings (SSSR count). The van der Waals surface area contributed by atoms with Gasteiger partial charge in [0.25, 0.3) is 0 Å². The van der Waals surface area contributed by atoms with E-state index < -0.39 is 16.4 Å². The third kappa shape index (κ3) is 2.22. The maximum absolute atomic E-state index is 6.26. The van der Waals surface area contributed by atoms with Crippen LogP contribution < -0.4 is 0 Å². The Kier molecular flexibility index (Phi) is 2.23. The van der Waals surface area contributed by atoms with Crippen LogP contribution in [-0.4, -0.2) is 0 Å². The molecular formula is C7H11Cl2Zr. The molecule has 0 heterocycles. The van der Waals surface area contributed by atoms with Crippen LogP contribution in [0.5, 0.6) is 0 Å². The van der Waals surface area contributed by atoms with E-state index in [0.717, 1.165) is 6.42 Å². The van der Waals surface area contributed by atoms with Gasteiger partial charge in [-0.2, -0.15) is 0 Å². The summed E-state index contributed by atoms with van der Waals surface area (Å²) in [4.78, 5) is 0. The third-order valence-corrected chi connectivity index (χ3v) is 9.79. The Morgan fingerprint density at radius 2 is 2.00 bits per heavy atom. The van der Waals surface area contributed by atoms with Gasteiger partial charge in [-0.25, -0.2) is 0 Å². The van der Waals surface area contributed by atoms with Gasteiger partial charge in [0.05, 0.1) is 0 Å². The topological polar surface area (TPSA) is 0 Å². The molecule has 0 unspecified atom stereocenters. The van der Waals surface area contributed by atoms with Gasteiger partial charge in [0.15, 0.2) is 0 Å². The van der Waals surface area contributed by atoms with Crippen molar-refractivity contribution in [1.82, 2.24) is 0 Å². The molecule has 10 heavy (non-hydrogen) atoms. The molecule has 0 amide bonds. The van der Waals surface area contributed by atoms with Crippen LogP contribution in [0, 0.1) is 0 Å². The number of hydrogen-bond acceptors (Lipinski definition) is 0. The quantitative estimate of drug-likeness (QED) is 0.668. The van der Waals surface area contributed by atoms with Crippen molar-refractivity contribution < 1.29 is 16.4 Å². The van der Waals surface area contributed by atoms with E-state index in [4.69, 9.17) is 17.0 Å². The summed E-state index contributed by atoms with van der Waals surface area (Å²) in [5.41, 5.74) is 0. The molecule has 0 atom stereocenters. The SMILES string of the molecule is [CH3][Zr]([CH3])([Cl])([Cl])[C]1=CC=CC1. The Bertz CT molecular complexity index is 198.